The van der Waals surface area contributed by atoms with E-state index in [1.54, 1.807) is 25.3 Å². The van der Waals surface area contributed by atoms with Crippen molar-refractivity contribution in [3.8, 4) is 0 Å². The van der Waals surface area contributed by atoms with Crippen LogP contribution in [-0.2, 0) is 17.6 Å². The SMILES string of the molecule is CCOC(=O)c1cc(NC(=O)c2cc3nc4c(cc3[nH]2)CC(C(C)(C)C)CC4)c[nH]1. The van der Waals surface area contributed by atoms with Crippen LogP contribution in [0.25, 0.3) is 11.0 Å². The number of aryl methyl sites for hydroxylation is 1. The molecule has 3 aromatic rings. The lowest BCUT2D eigenvalue weighted by atomic mass is 9.71. The second-order valence-corrected chi connectivity index (χ2v) is 8.99. The van der Waals surface area contributed by atoms with Crippen molar-refractivity contribution >= 4 is 28.6 Å². The number of amides is 1. The Labute approximate surface area is 175 Å². The molecule has 3 N–H and O–H groups in total. The minimum Gasteiger partial charge on any atom is -0.461 e. The molecule has 1 aliphatic carbocycles. The van der Waals surface area contributed by atoms with Crippen molar-refractivity contribution in [2.75, 3.05) is 11.9 Å². The number of hydrogen-bond acceptors (Lipinski definition) is 4. The van der Waals surface area contributed by atoms with Gasteiger partial charge in [0, 0.05) is 11.9 Å². The van der Waals surface area contributed by atoms with Gasteiger partial charge in [0.2, 0.25) is 0 Å². The van der Waals surface area contributed by atoms with Crippen LogP contribution < -0.4 is 5.32 Å². The Morgan fingerprint density at radius 1 is 1.23 bits per heavy atom. The van der Waals surface area contributed by atoms with Gasteiger partial charge in [-0.1, -0.05) is 20.8 Å². The summed E-state index contributed by atoms with van der Waals surface area (Å²) in [5.74, 6) is -0.107. The Balaban J connectivity index is 1.53. The molecule has 0 aliphatic heterocycles. The van der Waals surface area contributed by atoms with Crippen LogP contribution in [0.15, 0.2) is 24.4 Å². The van der Waals surface area contributed by atoms with Gasteiger partial charge in [0.1, 0.15) is 11.4 Å². The number of fused-ring (bicyclic) bond motifs is 2. The molecule has 0 spiro atoms. The molecule has 1 amide bonds. The second kappa shape index (κ2) is 7.63. The third kappa shape index (κ3) is 3.97. The van der Waals surface area contributed by atoms with E-state index in [1.807, 2.05) is 0 Å². The molecule has 30 heavy (non-hydrogen) atoms. The molecule has 7 heteroatoms. The van der Waals surface area contributed by atoms with Gasteiger partial charge in [-0.2, -0.15) is 0 Å². The smallest absolute Gasteiger partial charge is 0.354 e. The summed E-state index contributed by atoms with van der Waals surface area (Å²) in [4.78, 5) is 35.3. The average Bonchev–Trinajstić information content (AvgIpc) is 3.31. The normalized spacial score (nSPS) is 16.3. The van der Waals surface area contributed by atoms with Gasteiger partial charge in [-0.05, 0) is 61.3 Å². The molecule has 3 heterocycles. The molecule has 0 radical (unpaired) electrons. The van der Waals surface area contributed by atoms with Crippen LogP contribution in [0.4, 0.5) is 5.69 Å². The molecule has 0 bridgehead atoms. The number of carbonyl (C=O) groups excluding carboxylic acids is 2. The van der Waals surface area contributed by atoms with Crippen molar-refractivity contribution in [2.45, 2.75) is 47.0 Å². The topological polar surface area (TPSA) is 99.9 Å². The zero-order chi connectivity index (χ0) is 21.5. The fourth-order valence-electron chi connectivity index (χ4n) is 4.06. The molecule has 4 rings (SSSR count). The first-order chi connectivity index (χ1) is 14.2. The van der Waals surface area contributed by atoms with Crippen LogP contribution in [0.1, 0.15) is 66.4 Å². The Bertz CT molecular complexity index is 1100. The molecular weight excluding hydrogens is 380 g/mol. The van der Waals surface area contributed by atoms with Gasteiger partial charge in [-0.15, -0.1) is 0 Å². The first-order valence-electron chi connectivity index (χ1n) is 10.4. The number of nitrogens with zero attached hydrogens (tertiary/aromatic N) is 1. The summed E-state index contributed by atoms with van der Waals surface area (Å²) in [6, 6.07) is 5.48. The summed E-state index contributed by atoms with van der Waals surface area (Å²) in [6.45, 7) is 8.91. The number of aromatic nitrogens is 3. The molecule has 1 aliphatic rings. The summed E-state index contributed by atoms with van der Waals surface area (Å²) >= 11 is 0. The van der Waals surface area contributed by atoms with E-state index >= 15 is 0 Å². The first-order valence-corrected chi connectivity index (χ1v) is 10.4. The standard InChI is InChI=1S/C23H28N4O3/c1-5-30-22(29)20-10-15(12-24-20)25-21(28)19-11-18-17(27-19)9-13-8-14(23(2,3)4)6-7-16(13)26-18/h9-12,14,24,27H,5-8H2,1-4H3,(H,25,28). The molecule has 1 atom stereocenters. The largest absolute Gasteiger partial charge is 0.461 e. The Morgan fingerprint density at radius 3 is 2.77 bits per heavy atom. The van der Waals surface area contributed by atoms with Crippen LogP contribution in [-0.4, -0.2) is 33.4 Å². The highest BCUT2D eigenvalue weighted by Crippen LogP contribution is 2.37. The molecule has 0 fully saturated rings. The summed E-state index contributed by atoms with van der Waals surface area (Å²) in [5, 5.41) is 2.80. The van der Waals surface area contributed by atoms with Crippen molar-refractivity contribution in [1.82, 2.24) is 15.0 Å². The zero-order valence-corrected chi connectivity index (χ0v) is 17.9. The molecule has 0 saturated heterocycles. The van der Waals surface area contributed by atoms with E-state index < -0.39 is 5.97 Å². The van der Waals surface area contributed by atoms with E-state index in [0.717, 1.165) is 36.0 Å². The molecular formula is C23H28N4O3. The minimum absolute atomic E-state index is 0.270. The Morgan fingerprint density at radius 2 is 2.03 bits per heavy atom. The van der Waals surface area contributed by atoms with Crippen LogP contribution in [0.5, 0.6) is 0 Å². The van der Waals surface area contributed by atoms with Gasteiger partial charge >= 0.3 is 5.97 Å². The summed E-state index contributed by atoms with van der Waals surface area (Å²) < 4.78 is 4.95. The summed E-state index contributed by atoms with van der Waals surface area (Å²) in [7, 11) is 0. The van der Waals surface area contributed by atoms with Crippen molar-refractivity contribution in [1.29, 1.82) is 0 Å². The monoisotopic (exact) mass is 408 g/mol. The number of anilines is 1. The predicted octanol–water partition coefficient (Wildman–Crippen LogP) is 4.47. The fourth-order valence-corrected chi connectivity index (χ4v) is 4.06. The lowest BCUT2D eigenvalue weighted by molar-refractivity contribution is 0.0520. The molecule has 0 aromatic carbocycles. The van der Waals surface area contributed by atoms with E-state index in [9.17, 15) is 9.59 Å². The minimum atomic E-state index is -0.452. The van der Waals surface area contributed by atoms with E-state index in [2.05, 4.69) is 42.1 Å². The molecule has 7 nitrogen and oxygen atoms in total. The maximum Gasteiger partial charge on any atom is 0.354 e. The molecule has 0 saturated carbocycles. The van der Waals surface area contributed by atoms with E-state index in [0.29, 0.717) is 29.6 Å². The maximum atomic E-state index is 12.7. The van der Waals surface area contributed by atoms with Crippen LogP contribution in [0.2, 0.25) is 0 Å². The highest BCUT2D eigenvalue weighted by atomic mass is 16.5. The average molecular weight is 409 g/mol. The van der Waals surface area contributed by atoms with Gasteiger partial charge < -0.3 is 20.0 Å². The number of ether oxygens (including phenoxy) is 1. The van der Waals surface area contributed by atoms with Crippen LogP contribution in [0.3, 0.4) is 0 Å². The zero-order valence-electron chi connectivity index (χ0n) is 17.9. The highest BCUT2D eigenvalue weighted by Gasteiger charge is 2.29. The van der Waals surface area contributed by atoms with Gasteiger partial charge in [0.05, 0.1) is 23.3 Å². The second-order valence-electron chi connectivity index (χ2n) is 8.99. The number of pyridine rings is 1. The maximum absolute atomic E-state index is 12.7. The Kier molecular flexibility index (Phi) is 5.13. The first kappa shape index (κ1) is 20.2. The number of rotatable bonds is 4. The van der Waals surface area contributed by atoms with Crippen molar-refractivity contribution < 1.29 is 14.3 Å². The van der Waals surface area contributed by atoms with Crippen molar-refractivity contribution in [3.63, 3.8) is 0 Å². The predicted molar refractivity (Wildman–Crippen MR) is 116 cm³/mol. The molecule has 1 unspecified atom stereocenters. The molecule has 3 aromatic heterocycles. The van der Waals surface area contributed by atoms with Crippen LogP contribution in [0, 0.1) is 11.3 Å². The lowest BCUT2D eigenvalue weighted by Gasteiger charge is -2.34. The van der Waals surface area contributed by atoms with E-state index in [4.69, 9.17) is 9.72 Å². The number of H-pyrrole nitrogens is 2. The Hall–Kier alpha value is -3.09. The highest BCUT2D eigenvalue weighted by molar-refractivity contribution is 6.06. The van der Waals surface area contributed by atoms with Crippen molar-refractivity contribution in [2.24, 2.45) is 11.3 Å². The third-order valence-electron chi connectivity index (χ3n) is 5.87. The summed E-state index contributed by atoms with van der Waals surface area (Å²) in [6.07, 6.45) is 4.70. The number of nitrogens with one attached hydrogen (secondary N) is 3. The van der Waals surface area contributed by atoms with Gasteiger partial charge in [0.15, 0.2) is 0 Å². The summed E-state index contributed by atoms with van der Waals surface area (Å²) in [5.41, 5.74) is 5.58. The van der Waals surface area contributed by atoms with Gasteiger partial charge in [-0.3, -0.25) is 9.78 Å². The third-order valence-corrected chi connectivity index (χ3v) is 5.87. The fraction of sp³-hybridized carbons (Fsp3) is 0.435. The van der Waals surface area contributed by atoms with Gasteiger partial charge in [0.25, 0.3) is 5.91 Å². The number of aromatic amines is 2. The van der Waals surface area contributed by atoms with Gasteiger partial charge in [-0.25, -0.2) is 4.79 Å². The number of hydrogen-bond donors (Lipinski definition) is 3. The molecule has 158 valence electrons. The number of carbonyl (C=O) groups is 2. The van der Waals surface area contributed by atoms with Crippen LogP contribution >= 0.6 is 0 Å². The quantitative estimate of drug-likeness (QED) is 0.555. The van der Waals surface area contributed by atoms with E-state index in [1.165, 1.54) is 5.56 Å². The number of esters is 1. The van der Waals surface area contributed by atoms with Crippen molar-refractivity contribution in [3.05, 3.63) is 47.0 Å². The lowest BCUT2D eigenvalue weighted by Crippen LogP contribution is -2.27. The van der Waals surface area contributed by atoms with E-state index in [-0.39, 0.29) is 11.3 Å².